The SMILES string of the molecule is COc1ccc(OC)c(NC(N)=NCc2ccc(CN3CCCCC3)cc2)c1. The fraction of sp³-hybridized carbons (Fsp3) is 0.409. The van der Waals surface area contributed by atoms with E-state index in [0.29, 0.717) is 18.3 Å². The van der Waals surface area contributed by atoms with Crippen LogP contribution in [0.5, 0.6) is 11.5 Å². The zero-order valence-electron chi connectivity index (χ0n) is 16.8. The van der Waals surface area contributed by atoms with Crippen LogP contribution in [0.25, 0.3) is 0 Å². The summed E-state index contributed by atoms with van der Waals surface area (Å²) in [6.45, 7) is 3.97. The van der Waals surface area contributed by atoms with E-state index < -0.39 is 0 Å². The fourth-order valence-corrected chi connectivity index (χ4v) is 3.39. The highest BCUT2D eigenvalue weighted by atomic mass is 16.5. The second-order valence-electron chi connectivity index (χ2n) is 7.05. The Hall–Kier alpha value is -2.73. The molecule has 2 aromatic carbocycles. The zero-order chi connectivity index (χ0) is 19.8. The lowest BCUT2D eigenvalue weighted by Crippen LogP contribution is -2.29. The Labute approximate surface area is 167 Å². The number of hydrogen-bond donors (Lipinski definition) is 2. The molecule has 0 unspecified atom stereocenters. The van der Waals surface area contributed by atoms with Crippen LogP contribution in [0.2, 0.25) is 0 Å². The topological polar surface area (TPSA) is 72.1 Å². The number of guanidine groups is 1. The predicted molar refractivity (Wildman–Crippen MR) is 114 cm³/mol. The normalized spacial score (nSPS) is 15.3. The molecule has 1 heterocycles. The van der Waals surface area contributed by atoms with Crippen molar-refractivity contribution in [2.24, 2.45) is 10.7 Å². The van der Waals surface area contributed by atoms with Crippen molar-refractivity contribution >= 4 is 11.6 Å². The van der Waals surface area contributed by atoms with E-state index >= 15 is 0 Å². The molecule has 0 bridgehead atoms. The van der Waals surface area contributed by atoms with Crippen molar-refractivity contribution in [2.75, 3.05) is 32.6 Å². The van der Waals surface area contributed by atoms with E-state index in [0.717, 1.165) is 23.5 Å². The van der Waals surface area contributed by atoms with Gasteiger partial charge in [0.1, 0.15) is 11.5 Å². The summed E-state index contributed by atoms with van der Waals surface area (Å²) in [6, 6.07) is 14.1. The van der Waals surface area contributed by atoms with Crippen LogP contribution >= 0.6 is 0 Å². The highest BCUT2D eigenvalue weighted by molar-refractivity contribution is 5.94. The zero-order valence-corrected chi connectivity index (χ0v) is 16.8. The van der Waals surface area contributed by atoms with Crippen LogP contribution in [0.1, 0.15) is 30.4 Å². The number of likely N-dealkylation sites (tertiary alicyclic amines) is 1. The maximum Gasteiger partial charge on any atom is 0.193 e. The van der Waals surface area contributed by atoms with E-state index in [1.165, 1.54) is 37.9 Å². The summed E-state index contributed by atoms with van der Waals surface area (Å²) in [5, 5.41) is 3.09. The van der Waals surface area contributed by atoms with Crippen LogP contribution < -0.4 is 20.5 Å². The molecule has 150 valence electrons. The van der Waals surface area contributed by atoms with Crippen LogP contribution in [0, 0.1) is 0 Å². The predicted octanol–water partition coefficient (Wildman–Crippen LogP) is 3.62. The number of hydrogen-bond acceptors (Lipinski definition) is 4. The summed E-state index contributed by atoms with van der Waals surface area (Å²) < 4.78 is 10.6. The molecule has 0 aliphatic carbocycles. The second kappa shape index (κ2) is 9.99. The molecular weight excluding hydrogens is 352 g/mol. The molecule has 3 N–H and O–H groups in total. The van der Waals surface area contributed by atoms with E-state index in [9.17, 15) is 0 Å². The van der Waals surface area contributed by atoms with Gasteiger partial charge in [-0.2, -0.15) is 0 Å². The molecule has 0 saturated carbocycles. The van der Waals surface area contributed by atoms with Crippen molar-refractivity contribution in [2.45, 2.75) is 32.4 Å². The summed E-state index contributed by atoms with van der Waals surface area (Å²) in [5.74, 6) is 1.74. The van der Waals surface area contributed by atoms with Crippen LogP contribution in [-0.2, 0) is 13.1 Å². The maximum atomic E-state index is 6.06. The van der Waals surface area contributed by atoms with Crippen molar-refractivity contribution < 1.29 is 9.47 Å². The molecule has 1 saturated heterocycles. The number of aliphatic imine (C=N–C) groups is 1. The standard InChI is InChI=1S/C22H30N4O2/c1-27-19-10-11-21(28-2)20(14-19)25-22(23)24-15-17-6-8-18(9-7-17)16-26-12-4-3-5-13-26/h6-11,14H,3-5,12-13,15-16H2,1-2H3,(H3,23,24,25). The number of nitrogens with two attached hydrogens (primary N) is 1. The van der Waals surface area contributed by atoms with Gasteiger partial charge in [-0.1, -0.05) is 30.7 Å². The quantitative estimate of drug-likeness (QED) is 0.565. The van der Waals surface area contributed by atoms with Crippen LogP contribution in [0.3, 0.4) is 0 Å². The third-order valence-electron chi connectivity index (χ3n) is 4.98. The first kappa shape index (κ1) is 20.0. The molecule has 0 aromatic heterocycles. The molecule has 0 amide bonds. The molecule has 1 fully saturated rings. The van der Waals surface area contributed by atoms with Crippen molar-refractivity contribution in [1.29, 1.82) is 0 Å². The minimum atomic E-state index is 0.337. The van der Waals surface area contributed by atoms with Crippen molar-refractivity contribution in [3.63, 3.8) is 0 Å². The minimum absolute atomic E-state index is 0.337. The lowest BCUT2D eigenvalue weighted by molar-refractivity contribution is 0.221. The number of piperidine rings is 1. The summed E-state index contributed by atoms with van der Waals surface area (Å²) in [7, 11) is 3.24. The Balaban J connectivity index is 1.57. The Kier molecular flexibility index (Phi) is 7.14. The Bertz CT molecular complexity index is 784. The second-order valence-corrected chi connectivity index (χ2v) is 7.05. The van der Waals surface area contributed by atoms with Gasteiger partial charge in [0.25, 0.3) is 0 Å². The lowest BCUT2D eigenvalue weighted by Gasteiger charge is -2.26. The Morgan fingerprint density at radius 3 is 2.39 bits per heavy atom. The molecule has 0 radical (unpaired) electrons. The molecular formula is C22H30N4O2. The molecule has 3 rings (SSSR count). The van der Waals surface area contributed by atoms with Crippen LogP contribution in [0.4, 0.5) is 5.69 Å². The first-order chi connectivity index (χ1) is 13.7. The van der Waals surface area contributed by atoms with E-state index in [2.05, 4.69) is 39.5 Å². The van der Waals surface area contributed by atoms with Gasteiger partial charge in [0.15, 0.2) is 5.96 Å². The van der Waals surface area contributed by atoms with E-state index in [4.69, 9.17) is 15.2 Å². The lowest BCUT2D eigenvalue weighted by atomic mass is 10.1. The third-order valence-corrected chi connectivity index (χ3v) is 4.98. The molecule has 6 nitrogen and oxygen atoms in total. The molecule has 28 heavy (non-hydrogen) atoms. The Morgan fingerprint density at radius 1 is 1.00 bits per heavy atom. The summed E-state index contributed by atoms with van der Waals surface area (Å²) in [6.07, 6.45) is 4.00. The largest absolute Gasteiger partial charge is 0.497 e. The van der Waals surface area contributed by atoms with Gasteiger partial charge in [-0.3, -0.25) is 4.90 Å². The van der Waals surface area contributed by atoms with Crippen molar-refractivity contribution in [3.05, 3.63) is 53.6 Å². The monoisotopic (exact) mass is 382 g/mol. The smallest absolute Gasteiger partial charge is 0.193 e. The number of anilines is 1. The summed E-state index contributed by atoms with van der Waals surface area (Å²) in [5.41, 5.74) is 9.26. The number of methoxy groups -OCH3 is 2. The van der Waals surface area contributed by atoms with E-state index in [1.54, 1.807) is 14.2 Å². The van der Waals surface area contributed by atoms with Gasteiger partial charge in [-0.05, 0) is 49.2 Å². The fourth-order valence-electron chi connectivity index (χ4n) is 3.39. The number of nitrogens with one attached hydrogen (secondary N) is 1. The average Bonchev–Trinajstić information content (AvgIpc) is 2.74. The maximum absolute atomic E-state index is 6.06. The average molecular weight is 383 g/mol. The molecule has 1 aliphatic heterocycles. The van der Waals surface area contributed by atoms with E-state index in [-0.39, 0.29) is 0 Å². The number of benzene rings is 2. The first-order valence-corrected chi connectivity index (χ1v) is 9.77. The van der Waals surface area contributed by atoms with Gasteiger partial charge in [0.05, 0.1) is 26.5 Å². The molecule has 6 heteroatoms. The molecule has 1 aliphatic rings. The number of nitrogens with zero attached hydrogens (tertiary/aromatic N) is 2. The summed E-state index contributed by atoms with van der Waals surface area (Å²) in [4.78, 5) is 6.97. The number of rotatable bonds is 7. The van der Waals surface area contributed by atoms with Crippen LogP contribution in [0.15, 0.2) is 47.5 Å². The highest BCUT2D eigenvalue weighted by Gasteiger charge is 2.10. The molecule has 2 aromatic rings. The van der Waals surface area contributed by atoms with Gasteiger partial charge in [0.2, 0.25) is 0 Å². The van der Waals surface area contributed by atoms with Crippen molar-refractivity contribution in [1.82, 2.24) is 4.90 Å². The van der Waals surface area contributed by atoms with Gasteiger partial charge in [-0.25, -0.2) is 4.99 Å². The molecule has 0 spiro atoms. The van der Waals surface area contributed by atoms with E-state index in [1.807, 2.05) is 18.2 Å². The summed E-state index contributed by atoms with van der Waals surface area (Å²) >= 11 is 0. The minimum Gasteiger partial charge on any atom is -0.497 e. The van der Waals surface area contributed by atoms with Gasteiger partial charge in [-0.15, -0.1) is 0 Å². The third kappa shape index (κ3) is 5.63. The first-order valence-electron chi connectivity index (χ1n) is 9.77. The molecule has 0 atom stereocenters. The van der Waals surface area contributed by atoms with Gasteiger partial charge in [0, 0.05) is 12.6 Å². The van der Waals surface area contributed by atoms with Crippen LogP contribution in [-0.4, -0.2) is 38.2 Å². The van der Waals surface area contributed by atoms with Gasteiger partial charge < -0.3 is 20.5 Å². The highest BCUT2D eigenvalue weighted by Crippen LogP contribution is 2.28. The van der Waals surface area contributed by atoms with Gasteiger partial charge >= 0.3 is 0 Å². The van der Waals surface area contributed by atoms with Crippen molar-refractivity contribution in [3.8, 4) is 11.5 Å². The Morgan fingerprint density at radius 2 is 1.71 bits per heavy atom. The number of ether oxygens (including phenoxy) is 2.